The zero-order chi connectivity index (χ0) is 12.3. The zero-order valence-electron chi connectivity index (χ0n) is 8.56. The molecule has 0 aliphatic rings. The fourth-order valence-electron chi connectivity index (χ4n) is 1.07. The largest absolute Gasteiger partial charge is 0.381 e. The second kappa shape index (κ2) is 5.12. The molecule has 0 spiro atoms. The molecule has 1 unspecified atom stereocenters. The predicted octanol–water partition coefficient (Wildman–Crippen LogP) is 2.15. The van der Waals surface area contributed by atoms with E-state index in [1.54, 1.807) is 6.92 Å². The predicted molar refractivity (Wildman–Crippen MR) is 58.2 cm³/mol. The number of primary amides is 1. The van der Waals surface area contributed by atoms with Crippen molar-refractivity contribution in [2.45, 2.75) is 6.92 Å². The van der Waals surface area contributed by atoms with Gasteiger partial charge in [-0.25, -0.2) is 8.78 Å². The van der Waals surface area contributed by atoms with Crippen LogP contribution >= 0.6 is 11.6 Å². The van der Waals surface area contributed by atoms with Gasteiger partial charge in [0.2, 0.25) is 5.91 Å². The maximum atomic E-state index is 13.3. The van der Waals surface area contributed by atoms with Crippen LogP contribution in [-0.4, -0.2) is 12.5 Å². The average molecular weight is 249 g/mol. The molecule has 0 fully saturated rings. The van der Waals surface area contributed by atoms with Crippen LogP contribution in [0, 0.1) is 17.6 Å². The molecule has 88 valence electrons. The summed E-state index contributed by atoms with van der Waals surface area (Å²) >= 11 is 5.64. The topological polar surface area (TPSA) is 55.1 Å². The van der Waals surface area contributed by atoms with Gasteiger partial charge in [0.05, 0.1) is 16.6 Å². The smallest absolute Gasteiger partial charge is 0.222 e. The van der Waals surface area contributed by atoms with Crippen molar-refractivity contribution in [2.75, 3.05) is 11.9 Å². The van der Waals surface area contributed by atoms with Crippen molar-refractivity contribution >= 4 is 23.2 Å². The van der Waals surface area contributed by atoms with Crippen molar-refractivity contribution in [1.29, 1.82) is 0 Å². The number of hydrogen-bond donors (Lipinski definition) is 2. The van der Waals surface area contributed by atoms with E-state index in [-0.39, 0.29) is 17.3 Å². The number of benzene rings is 1. The highest BCUT2D eigenvalue weighted by Gasteiger charge is 2.13. The molecule has 1 rings (SSSR count). The van der Waals surface area contributed by atoms with E-state index >= 15 is 0 Å². The summed E-state index contributed by atoms with van der Waals surface area (Å²) in [6.45, 7) is 1.72. The summed E-state index contributed by atoms with van der Waals surface area (Å²) in [5.41, 5.74) is 5.00. The standard InChI is InChI=1S/C10H11ClF2N2O/c1-5(10(14)16)4-15-9-7(11)2-6(12)3-8(9)13/h2-3,5,15H,4H2,1H3,(H2,14,16). The summed E-state index contributed by atoms with van der Waals surface area (Å²) < 4.78 is 26.0. The molecule has 0 saturated carbocycles. The third-order valence-electron chi connectivity index (χ3n) is 2.08. The number of carbonyl (C=O) groups excluding carboxylic acids is 1. The minimum atomic E-state index is -0.804. The van der Waals surface area contributed by atoms with Crippen LogP contribution in [0.15, 0.2) is 12.1 Å². The third-order valence-corrected chi connectivity index (χ3v) is 2.38. The van der Waals surface area contributed by atoms with Crippen LogP contribution in [0.25, 0.3) is 0 Å². The van der Waals surface area contributed by atoms with Crippen LogP contribution in [0.5, 0.6) is 0 Å². The van der Waals surface area contributed by atoms with E-state index in [0.29, 0.717) is 6.07 Å². The monoisotopic (exact) mass is 248 g/mol. The summed E-state index contributed by atoms with van der Waals surface area (Å²) in [6, 6.07) is 1.70. The Morgan fingerprint density at radius 3 is 2.69 bits per heavy atom. The lowest BCUT2D eigenvalue weighted by molar-refractivity contribution is -0.120. The first-order valence-corrected chi connectivity index (χ1v) is 4.97. The first-order valence-electron chi connectivity index (χ1n) is 4.59. The number of rotatable bonds is 4. The summed E-state index contributed by atoms with van der Waals surface area (Å²) in [5.74, 6) is -2.54. The zero-order valence-corrected chi connectivity index (χ0v) is 9.31. The minimum absolute atomic E-state index is 0.0313. The molecule has 1 aromatic carbocycles. The Morgan fingerprint density at radius 2 is 2.19 bits per heavy atom. The molecule has 0 heterocycles. The first kappa shape index (κ1) is 12.7. The van der Waals surface area contributed by atoms with Gasteiger partial charge >= 0.3 is 0 Å². The quantitative estimate of drug-likeness (QED) is 0.858. The average Bonchev–Trinajstić information content (AvgIpc) is 2.15. The van der Waals surface area contributed by atoms with E-state index in [9.17, 15) is 13.6 Å². The minimum Gasteiger partial charge on any atom is -0.381 e. The van der Waals surface area contributed by atoms with Crippen molar-refractivity contribution in [3.8, 4) is 0 Å². The lowest BCUT2D eigenvalue weighted by Crippen LogP contribution is -2.27. The lowest BCUT2D eigenvalue weighted by Gasteiger charge is -2.12. The molecule has 3 N–H and O–H groups in total. The Labute approximate surface area is 96.6 Å². The van der Waals surface area contributed by atoms with E-state index in [0.717, 1.165) is 6.07 Å². The number of carbonyl (C=O) groups is 1. The highest BCUT2D eigenvalue weighted by atomic mass is 35.5. The van der Waals surface area contributed by atoms with Crippen molar-refractivity contribution in [3.05, 3.63) is 28.8 Å². The van der Waals surface area contributed by atoms with Gasteiger partial charge in [0.25, 0.3) is 0 Å². The molecule has 3 nitrogen and oxygen atoms in total. The van der Waals surface area contributed by atoms with Gasteiger partial charge in [-0.15, -0.1) is 0 Å². The Balaban J connectivity index is 2.78. The number of amides is 1. The van der Waals surface area contributed by atoms with Gasteiger partial charge in [0.1, 0.15) is 5.82 Å². The summed E-state index contributed by atoms with van der Waals surface area (Å²) in [6.07, 6.45) is 0. The van der Waals surface area contributed by atoms with Crippen LogP contribution in [0.1, 0.15) is 6.92 Å². The van der Waals surface area contributed by atoms with Gasteiger partial charge in [0.15, 0.2) is 5.82 Å². The Kier molecular flexibility index (Phi) is 4.06. The van der Waals surface area contributed by atoms with Crippen molar-refractivity contribution in [1.82, 2.24) is 0 Å². The van der Waals surface area contributed by atoms with Crippen LogP contribution in [0.4, 0.5) is 14.5 Å². The van der Waals surface area contributed by atoms with Crippen LogP contribution in [0.2, 0.25) is 5.02 Å². The normalized spacial score (nSPS) is 12.2. The van der Waals surface area contributed by atoms with Gasteiger partial charge in [-0.05, 0) is 6.07 Å². The lowest BCUT2D eigenvalue weighted by atomic mass is 10.1. The van der Waals surface area contributed by atoms with Crippen LogP contribution in [-0.2, 0) is 4.79 Å². The number of halogens is 3. The molecule has 0 saturated heterocycles. The molecule has 0 aliphatic heterocycles. The van der Waals surface area contributed by atoms with Gasteiger partial charge in [-0.3, -0.25) is 4.79 Å². The van der Waals surface area contributed by atoms with Gasteiger partial charge < -0.3 is 11.1 Å². The summed E-state index contributed by atoms with van der Waals surface area (Å²) in [7, 11) is 0. The number of hydrogen-bond acceptors (Lipinski definition) is 2. The molecule has 0 aliphatic carbocycles. The maximum Gasteiger partial charge on any atom is 0.222 e. The molecule has 6 heteroatoms. The SMILES string of the molecule is CC(CNc1c(F)cc(F)cc1Cl)C(N)=O. The first-order chi connectivity index (χ1) is 7.41. The molecule has 1 aromatic rings. The van der Waals surface area contributed by atoms with Gasteiger partial charge in [0, 0.05) is 12.6 Å². The number of nitrogens with two attached hydrogens (primary N) is 1. The summed E-state index contributed by atoms with van der Waals surface area (Å²) in [5, 5.41) is 2.54. The second-order valence-corrected chi connectivity index (χ2v) is 3.84. The van der Waals surface area contributed by atoms with Crippen LogP contribution < -0.4 is 11.1 Å². The van der Waals surface area contributed by atoms with E-state index in [2.05, 4.69) is 5.32 Å². The third kappa shape index (κ3) is 3.06. The fourth-order valence-corrected chi connectivity index (χ4v) is 1.33. The molecule has 1 amide bonds. The van der Waals surface area contributed by atoms with E-state index in [1.165, 1.54) is 0 Å². The molecular weight excluding hydrogens is 238 g/mol. The van der Waals surface area contributed by atoms with Crippen molar-refractivity contribution in [3.63, 3.8) is 0 Å². The maximum absolute atomic E-state index is 13.3. The Morgan fingerprint density at radius 1 is 1.56 bits per heavy atom. The van der Waals surface area contributed by atoms with Crippen LogP contribution in [0.3, 0.4) is 0 Å². The molecule has 16 heavy (non-hydrogen) atoms. The number of anilines is 1. The molecule has 0 aromatic heterocycles. The van der Waals surface area contributed by atoms with Crippen molar-refractivity contribution in [2.24, 2.45) is 11.7 Å². The van der Waals surface area contributed by atoms with Gasteiger partial charge in [-0.2, -0.15) is 0 Å². The van der Waals surface area contributed by atoms with E-state index < -0.39 is 23.5 Å². The highest BCUT2D eigenvalue weighted by Crippen LogP contribution is 2.26. The second-order valence-electron chi connectivity index (χ2n) is 3.43. The van der Waals surface area contributed by atoms with E-state index in [4.69, 9.17) is 17.3 Å². The summed E-state index contributed by atoms with van der Waals surface area (Å²) in [4.78, 5) is 10.7. The Hall–Kier alpha value is -1.36. The molecule has 0 bridgehead atoms. The highest BCUT2D eigenvalue weighted by molar-refractivity contribution is 6.33. The molecule has 1 atom stereocenters. The van der Waals surface area contributed by atoms with Crippen molar-refractivity contribution < 1.29 is 13.6 Å². The fraction of sp³-hybridized carbons (Fsp3) is 0.300. The van der Waals surface area contributed by atoms with Gasteiger partial charge in [-0.1, -0.05) is 18.5 Å². The molecular formula is C10H11ClF2N2O. The molecule has 0 radical (unpaired) electrons. The Bertz CT molecular complexity index is 389. The number of nitrogens with one attached hydrogen (secondary N) is 1. The van der Waals surface area contributed by atoms with E-state index in [1.807, 2.05) is 0 Å².